The largest absolute Gasteiger partial charge is 0.337 e. The Labute approximate surface area is 140 Å². The average Bonchev–Trinajstić information content (AvgIpc) is 2.70. The molecule has 7 nitrogen and oxygen atoms in total. The highest BCUT2D eigenvalue weighted by Crippen LogP contribution is 2.18. The van der Waals surface area contributed by atoms with Crippen LogP contribution in [0.5, 0.6) is 0 Å². The number of piperazine rings is 1. The van der Waals surface area contributed by atoms with Crippen LogP contribution in [0.1, 0.15) is 0 Å². The SMILES string of the molecule is c1ccc(-c2ccnc(N3CCN(c4ncccn4)CC3)n2)nc1. The Hall–Kier alpha value is -3.09. The second-order valence-corrected chi connectivity index (χ2v) is 5.48. The number of hydrogen-bond donors (Lipinski definition) is 0. The van der Waals surface area contributed by atoms with Crippen LogP contribution in [0.15, 0.2) is 55.1 Å². The van der Waals surface area contributed by atoms with Gasteiger partial charge in [0.2, 0.25) is 11.9 Å². The first-order chi connectivity index (χ1) is 11.9. The number of hydrogen-bond acceptors (Lipinski definition) is 7. The third-order valence-corrected chi connectivity index (χ3v) is 3.97. The van der Waals surface area contributed by atoms with Crippen molar-refractivity contribution in [2.24, 2.45) is 0 Å². The molecule has 0 atom stereocenters. The number of anilines is 2. The first kappa shape index (κ1) is 14.5. The lowest BCUT2D eigenvalue weighted by atomic mass is 10.2. The van der Waals surface area contributed by atoms with Gasteiger partial charge >= 0.3 is 0 Å². The van der Waals surface area contributed by atoms with Crippen molar-refractivity contribution in [2.45, 2.75) is 0 Å². The molecule has 0 saturated carbocycles. The lowest BCUT2D eigenvalue weighted by Gasteiger charge is -2.34. The van der Waals surface area contributed by atoms with Crippen LogP contribution < -0.4 is 9.80 Å². The number of rotatable bonds is 3. The Morgan fingerprint density at radius 3 is 1.96 bits per heavy atom. The van der Waals surface area contributed by atoms with E-state index in [1.54, 1.807) is 24.8 Å². The van der Waals surface area contributed by atoms with Gasteiger partial charge in [-0.1, -0.05) is 6.07 Å². The standard InChI is InChI=1S/C17H17N7/c1-2-6-18-14(4-1)15-5-9-21-17(22-15)24-12-10-23(11-13-24)16-19-7-3-8-20-16/h1-9H,10-13H2. The van der Waals surface area contributed by atoms with Gasteiger partial charge in [-0.25, -0.2) is 19.9 Å². The molecule has 0 aromatic carbocycles. The molecule has 7 heteroatoms. The quantitative estimate of drug-likeness (QED) is 0.727. The maximum atomic E-state index is 4.67. The molecule has 120 valence electrons. The Kier molecular flexibility index (Phi) is 3.97. The van der Waals surface area contributed by atoms with Crippen molar-refractivity contribution in [2.75, 3.05) is 36.0 Å². The van der Waals surface area contributed by atoms with Gasteiger partial charge in [-0.3, -0.25) is 4.98 Å². The van der Waals surface area contributed by atoms with Crippen LogP contribution in [0.2, 0.25) is 0 Å². The van der Waals surface area contributed by atoms with Crippen LogP contribution in [-0.4, -0.2) is 51.1 Å². The summed E-state index contributed by atoms with van der Waals surface area (Å²) in [5.41, 5.74) is 1.70. The van der Waals surface area contributed by atoms with E-state index < -0.39 is 0 Å². The van der Waals surface area contributed by atoms with Crippen LogP contribution in [0.4, 0.5) is 11.9 Å². The van der Waals surface area contributed by atoms with Gasteiger partial charge < -0.3 is 9.80 Å². The third kappa shape index (κ3) is 3.01. The Morgan fingerprint density at radius 1 is 0.583 bits per heavy atom. The second kappa shape index (κ2) is 6.57. The maximum Gasteiger partial charge on any atom is 0.226 e. The molecule has 0 N–H and O–H groups in total. The minimum atomic E-state index is 0.742. The number of nitrogens with zero attached hydrogens (tertiary/aromatic N) is 7. The smallest absolute Gasteiger partial charge is 0.226 e. The summed E-state index contributed by atoms with van der Waals surface area (Å²) >= 11 is 0. The minimum Gasteiger partial charge on any atom is -0.337 e. The summed E-state index contributed by atoms with van der Waals surface area (Å²) in [4.78, 5) is 26.4. The van der Waals surface area contributed by atoms with E-state index in [1.807, 2.05) is 30.3 Å². The van der Waals surface area contributed by atoms with E-state index in [0.717, 1.165) is 49.5 Å². The Bertz CT molecular complexity index is 786. The van der Waals surface area contributed by atoms with E-state index in [2.05, 4.69) is 34.7 Å². The predicted molar refractivity (Wildman–Crippen MR) is 91.7 cm³/mol. The van der Waals surface area contributed by atoms with Crippen molar-refractivity contribution in [3.8, 4) is 11.4 Å². The zero-order chi connectivity index (χ0) is 16.2. The zero-order valence-corrected chi connectivity index (χ0v) is 13.2. The van der Waals surface area contributed by atoms with Gasteiger partial charge in [-0.15, -0.1) is 0 Å². The van der Waals surface area contributed by atoms with Crippen LogP contribution in [0.3, 0.4) is 0 Å². The summed E-state index contributed by atoms with van der Waals surface area (Å²) < 4.78 is 0. The molecule has 3 aromatic rings. The molecular weight excluding hydrogens is 302 g/mol. The van der Waals surface area contributed by atoms with Gasteiger partial charge in [0.15, 0.2) is 0 Å². The molecule has 4 rings (SSSR count). The average molecular weight is 319 g/mol. The topological polar surface area (TPSA) is 70.9 Å². The first-order valence-corrected chi connectivity index (χ1v) is 7.91. The van der Waals surface area contributed by atoms with Gasteiger partial charge in [0.05, 0.1) is 11.4 Å². The molecule has 24 heavy (non-hydrogen) atoms. The van der Waals surface area contributed by atoms with Crippen molar-refractivity contribution in [3.63, 3.8) is 0 Å². The summed E-state index contributed by atoms with van der Waals surface area (Å²) in [5, 5.41) is 0. The van der Waals surface area contributed by atoms with Gasteiger partial charge in [0.25, 0.3) is 0 Å². The highest BCUT2D eigenvalue weighted by molar-refractivity contribution is 5.55. The monoisotopic (exact) mass is 319 g/mol. The van der Waals surface area contributed by atoms with Gasteiger partial charge in [0.1, 0.15) is 0 Å². The lowest BCUT2D eigenvalue weighted by molar-refractivity contribution is 0.628. The molecule has 0 amide bonds. The summed E-state index contributed by atoms with van der Waals surface area (Å²) in [6.45, 7) is 3.37. The fourth-order valence-corrected chi connectivity index (χ4v) is 2.72. The van der Waals surface area contributed by atoms with E-state index in [1.165, 1.54) is 0 Å². The van der Waals surface area contributed by atoms with E-state index >= 15 is 0 Å². The van der Waals surface area contributed by atoms with E-state index in [9.17, 15) is 0 Å². The number of pyridine rings is 1. The van der Waals surface area contributed by atoms with Crippen molar-refractivity contribution < 1.29 is 0 Å². The summed E-state index contributed by atoms with van der Waals surface area (Å²) in [7, 11) is 0. The molecule has 1 aliphatic rings. The van der Waals surface area contributed by atoms with E-state index in [0.29, 0.717) is 0 Å². The lowest BCUT2D eigenvalue weighted by Crippen LogP contribution is -2.47. The van der Waals surface area contributed by atoms with Crippen LogP contribution in [-0.2, 0) is 0 Å². The molecule has 1 aliphatic heterocycles. The van der Waals surface area contributed by atoms with E-state index in [4.69, 9.17) is 0 Å². The Morgan fingerprint density at radius 2 is 1.25 bits per heavy atom. The van der Waals surface area contributed by atoms with Crippen LogP contribution in [0, 0.1) is 0 Å². The van der Waals surface area contributed by atoms with Crippen molar-refractivity contribution in [1.29, 1.82) is 0 Å². The summed E-state index contributed by atoms with van der Waals surface area (Å²) in [6, 6.07) is 9.53. The molecule has 1 fully saturated rings. The molecular formula is C17H17N7. The number of aromatic nitrogens is 5. The molecule has 0 bridgehead atoms. The van der Waals surface area contributed by atoms with Gasteiger partial charge in [-0.2, -0.15) is 0 Å². The highest BCUT2D eigenvalue weighted by atomic mass is 15.3. The minimum absolute atomic E-state index is 0.742. The van der Waals surface area contributed by atoms with Gasteiger partial charge in [-0.05, 0) is 24.3 Å². The highest BCUT2D eigenvalue weighted by Gasteiger charge is 2.20. The molecule has 0 aliphatic carbocycles. The zero-order valence-electron chi connectivity index (χ0n) is 13.2. The third-order valence-electron chi connectivity index (χ3n) is 3.97. The second-order valence-electron chi connectivity index (χ2n) is 5.48. The fourth-order valence-electron chi connectivity index (χ4n) is 2.72. The first-order valence-electron chi connectivity index (χ1n) is 7.91. The van der Waals surface area contributed by atoms with Crippen molar-refractivity contribution in [1.82, 2.24) is 24.9 Å². The molecule has 1 saturated heterocycles. The normalized spacial score (nSPS) is 14.7. The van der Waals surface area contributed by atoms with E-state index in [-0.39, 0.29) is 0 Å². The molecule has 0 spiro atoms. The van der Waals surface area contributed by atoms with Crippen LogP contribution >= 0.6 is 0 Å². The van der Waals surface area contributed by atoms with Crippen LogP contribution in [0.25, 0.3) is 11.4 Å². The molecule has 3 aromatic heterocycles. The molecule has 0 unspecified atom stereocenters. The summed E-state index contributed by atoms with van der Waals surface area (Å²) in [5.74, 6) is 1.52. The fraction of sp³-hybridized carbons (Fsp3) is 0.235. The van der Waals surface area contributed by atoms with Crippen molar-refractivity contribution in [3.05, 3.63) is 55.1 Å². The van der Waals surface area contributed by atoms with Gasteiger partial charge in [0, 0.05) is 51.0 Å². The maximum absolute atomic E-state index is 4.67. The summed E-state index contributed by atoms with van der Waals surface area (Å²) in [6.07, 6.45) is 7.11. The molecule has 4 heterocycles. The van der Waals surface area contributed by atoms with Crippen molar-refractivity contribution >= 4 is 11.9 Å². The Balaban J connectivity index is 1.48. The molecule has 0 radical (unpaired) electrons. The predicted octanol–water partition coefficient (Wildman–Crippen LogP) is 1.66.